The molecule has 8 aromatic rings. The topological polar surface area (TPSA) is 31.6 Å². The molecule has 8 rings (SSSR count). The first-order valence-electron chi connectivity index (χ1n) is 13.5. The minimum absolute atomic E-state index is 0.275. The van der Waals surface area contributed by atoms with E-state index >= 15 is 0 Å². The van der Waals surface area contributed by atoms with Crippen LogP contribution in [0.3, 0.4) is 0 Å². The Hall–Kier alpha value is -4.56. The van der Waals surface area contributed by atoms with Crippen molar-refractivity contribution in [2.75, 3.05) is 0 Å². The number of nitrogens with one attached hydrogen (secondary N) is 2. The van der Waals surface area contributed by atoms with E-state index in [9.17, 15) is 0 Å². The Morgan fingerprint density at radius 3 is 1.63 bits per heavy atom. The second kappa shape index (κ2) is 7.97. The molecule has 0 radical (unpaired) electrons. The van der Waals surface area contributed by atoms with Crippen LogP contribution >= 0.6 is 0 Å². The second-order valence-electron chi connectivity index (χ2n) is 11.0. The normalized spacial score (nSPS) is 13.1. The Morgan fingerprint density at radius 1 is 0.447 bits per heavy atom. The molecule has 0 saturated carbocycles. The van der Waals surface area contributed by atoms with Crippen LogP contribution < -0.4 is 0 Å². The van der Waals surface area contributed by atoms with Crippen molar-refractivity contribution in [1.82, 2.24) is 9.97 Å². The van der Waals surface area contributed by atoms with E-state index in [4.69, 9.17) is 0 Å². The van der Waals surface area contributed by atoms with Crippen molar-refractivity contribution in [3.63, 3.8) is 0 Å². The molecule has 2 aromatic heterocycles. The van der Waals surface area contributed by atoms with E-state index in [-0.39, 0.29) is 5.92 Å². The zero-order chi connectivity index (χ0) is 25.4. The zero-order valence-electron chi connectivity index (χ0n) is 21.5. The third kappa shape index (κ3) is 3.07. The third-order valence-electron chi connectivity index (χ3n) is 8.40. The Balaban J connectivity index is 1.40. The van der Waals surface area contributed by atoms with E-state index in [1.807, 2.05) is 0 Å². The fraction of sp³-hybridized carbons (Fsp3) is 0.111. The predicted octanol–water partition coefficient (Wildman–Crippen LogP) is 10.0. The van der Waals surface area contributed by atoms with Crippen LogP contribution in [-0.4, -0.2) is 9.97 Å². The number of benzene rings is 6. The molecule has 1 unspecified atom stereocenters. The highest BCUT2D eigenvalue weighted by atomic mass is 14.7. The average molecular weight is 489 g/mol. The van der Waals surface area contributed by atoms with E-state index in [2.05, 4.69) is 133 Å². The lowest BCUT2D eigenvalue weighted by Gasteiger charge is -2.26. The summed E-state index contributed by atoms with van der Waals surface area (Å²) in [5.74, 6) is 0.712. The van der Waals surface area contributed by atoms with Gasteiger partial charge in [-0.1, -0.05) is 86.6 Å². The molecule has 0 aliphatic heterocycles. The van der Waals surface area contributed by atoms with Crippen molar-refractivity contribution in [3.8, 4) is 0 Å². The summed E-state index contributed by atoms with van der Waals surface area (Å²) in [6.45, 7) is 4.71. The van der Waals surface area contributed by atoms with E-state index in [1.165, 1.54) is 76.3 Å². The van der Waals surface area contributed by atoms with Gasteiger partial charge in [0, 0.05) is 49.5 Å². The molecule has 0 saturated heterocycles. The van der Waals surface area contributed by atoms with Crippen LogP contribution in [0.2, 0.25) is 0 Å². The van der Waals surface area contributed by atoms with Crippen LogP contribution in [0.1, 0.15) is 30.9 Å². The molecule has 1 atom stereocenters. The monoisotopic (exact) mass is 488 g/mol. The van der Waals surface area contributed by atoms with Crippen LogP contribution in [0.4, 0.5) is 0 Å². The molecule has 2 heteroatoms. The Morgan fingerprint density at radius 2 is 0.974 bits per heavy atom. The first-order valence-corrected chi connectivity index (χ1v) is 13.5. The smallest absolute Gasteiger partial charge is 0.0472 e. The molecule has 6 aromatic carbocycles. The molecule has 38 heavy (non-hydrogen) atoms. The molecule has 0 amide bonds. The van der Waals surface area contributed by atoms with Crippen molar-refractivity contribution in [2.24, 2.45) is 5.92 Å². The van der Waals surface area contributed by atoms with Gasteiger partial charge in [-0.3, -0.25) is 0 Å². The highest BCUT2D eigenvalue weighted by molar-refractivity contribution is 6.17. The van der Waals surface area contributed by atoms with Crippen LogP contribution in [0, 0.1) is 5.92 Å². The number of para-hydroxylation sites is 1. The van der Waals surface area contributed by atoms with Gasteiger partial charge < -0.3 is 9.97 Å². The summed E-state index contributed by atoms with van der Waals surface area (Å²) in [7, 11) is 0. The summed E-state index contributed by atoms with van der Waals surface area (Å²) in [5.41, 5.74) is 7.54. The van der Waals surface area contributed by atoms with E-state index in [0.29, 0.717) is 5.92 Å². The van der Waals surface area contributed by atoms with Gasteiger partial charge in [-0.15, -0.1) is 0 Å². The molecular formula is C36H28N2. The number of hydrogen-bond acceptors (Lipinski definition) is 0. The van der Waals surface area contributed by atoms with Crippen LogP contribution in [0.5, 0.6) is 0 Å². The molecule has 2 heterocycles. The quantitative estimate of drug-likeness (QED) is 0.232. The number of rotatable bonds is 3. The van der Waals surface area contributed by atoms with E-state index in [0.717, 1.165) is 0 Å². The largest absolute Gasteiger partial charge is 0.354 e. The van der Waals surface area contributed by atoms with Gasteiger partial charge in [0.1, 0.15) is 0 Å². The zero-order valence-corrected chi connectivity index (χ0v) is 21.5. The summed E-state index contributed by atoms with van der Waals surface area (Å²) in [4.78, 5) is 7.34. The minimum atomic E-state index is 0.275. The van der Waals surface area contributed by atoms with Gasteiger partial charge in [-0.25, -0.2) is 0 Å². The molecule has 2 nitrogen and oxygen atoms in total. The molecule has 0 spiro atoms. The summed E-state index contributed by atoms with van der Waals surface area (Å²) >= 11 is 0. The summed E-state index contributed by atoms with van der Waals surface area (Å²) in [5, 5.41) is 10.4. The number of fused-ring (bicyclic) bond motifs is 8. The molecule has 0 aliphatic rings. The molecule has 0 aliphatic carbocycles. The average Bonchev–Trinajstić information content (AvgIpc) is 3.48. The number of hydrogen-bond donors (Lipinski definition) is 2. The lowest BCUT2D eigenvalue weighted by atomic mass is 9.78. The van der Waals surface area contributed by atoms with E-state index in [1.54, 1.807) is 0 Å². The standard InChI is InChI=1S/C36H28N2/c1-21(2)35(36-25-11-5-3-9-22(25)17-23-10-4-6-12-26(23)36)24-15-16-32-28(18-24)30-20-33-29(19-34(30)38-32)27-13-7-8-14-31(27)37-33/h3-21,35,37-38H,1-2H3. The number of aromatic amines is 2. The van der Waals surface area contributed by atoms with Gasteiger partial charge in [0.05, 0.1) is 0 Å². The maximum absolute atomic E-state index is 3.71. The first kappa shape index (κ1) is 21.5. The van der Waals surface area contributed by atoms with E-state index < -0.39 is 0 Å². The Kier molecular flexibility index (Phi) is 4.51. The van der Waals surface area contributed by atoms with Gasteiger partial charge in [0.2, 0.25) is 0 Å². The fourth-order valence-electron chi connectivity index (χ4n) is 6.73. The summed E-state index contributed by atoms with van der Waals surface area (Å²) in [6.07, 6.45) is 0. The third-order valence-corrected chi connectivity index (χ3v) is 8.40. The summed E-state index contributed by atoms with van der Waals surface area (Å²) < 4.78 is 0. The van der Waals surface area contributed by atoms with Crippen LogP contribution in [-0.2, 0) is 0 Å². The van der Waals surface area contributed by atoms with Gasteiger partial charge in [0.25, 0.3) is 0 Å². The molecular weight excluding hydrogens is 460 g/mol. The summed E-state index contributed by atoms with van der Waals surface area (Å²) in [6, 6.07) is 40.3. The second-order valence-corrected chi connectivity index (χ2v) is 11.0. The van der Waals surface area contributed by atoms with Crippen molar-refractivity contribution in [2.45, 2.75) is 19.8 Å². The van der Waals surface area contributed by atoms with Gasteiger partial charge >= 0.3 is 0 Å². The maximum Gasteiger partial charge on any atom is 0.0472 e. The fourth-order valence-corrected chi connectivity index (χ4v) is 6.73. The van der Waals surface area contributed by atoms with Crippen molar-refractivity contribution >= 4 is 65.2 Å². The number of aromatic nitrogens is 2. The van der Waals surface area contributed by atoms with Crippen LogP contribution in [0.25, 0.3) is 65.2 Å². The van der Waals surface area contributed by atoms with Gasteiger partial charge in [-0.2, -0.15) is 0 Å². The lowest BCUT2D eigenvalue weighted by Crippen LogP contribution is -2.10. The minimum Gasteiger partial charge on any atom is -0.354 e. The van der Waals surface area contributed by atoms with Gasteiger partial charge in [0.15, 0.2) is 0 Å². The highest BCUT2D eigenvalue weighted by Crippen LogP contribution is 2.42. The maximum atomic E-state index is 3.71. The predicted molar refractivity (Wildman–Crippen MR) is 163 cm³/mol. The first-order chi connectivity index (χ1) is 18.7. The van der Waals surface area contributed by atoms with Gasteiger partial charge in [-0.05, 0) is 75.0 Å². The van der Waals surface area contributed by atoms with Crippen molar-refractivity contribution in [3.05, 3.63) is 120 Å². The molecule has 2 N–H and O–H groups in total. The molecule has 0 fully saturated rings. The Bertz CT molecular complexity index is 2120. The SMILES string of the molecule is CC(C)C(c1ccc2[nH]c3cc4c(cc3c2c1)[nH]c1ccccc14)c1c2ccccc2cc2ccccc12. The van der Waals surface area contributed by atoms with Crippen LogP contribution in [0.15, 0.2) is 109 Å². The number of H-pyrrole nitrogens is 2. The van der Waals surface area contributed by atoms with Crippen molar-refractivity contribution in [1.29, 1.82) is 0 Å². The van der Waals surface area contributed by atoms with Crippen molar-refractivity contribution < 1.29 is 0 Å². The molecule has 0 bridgehead atoms. The highest BCUT2D eigenvalue weighted by Gasteiger charge is 2.24. The Labute approximate surface area is 220 Å². The lowest BCUT2D eigenvalue weighted by molar-refractivity contribution is 0.570. The molecule has 182 valence electrons.